The first kappa shape index (κ1) is 18.6. The smallest absolute Gasteiger partial charge is 0.253 e. The third kappa shape index (κ3) is 3.69. The first-order valence-corrected chi connectivity index (χ1v) is 7.30. The number of carbonyl (C=O) groups is 1. The van der Waals surface area contributed by atoms with Gasteiger partial charge in [0.2, 0.25) is 5.75 Å². The Kier molecular flexibility index (Phi) is 5.88. The number of β-lactam (4-membered cyclic amide) rings is 1. The Bertz CT molecular complexity index is 644. The zero-order valence-electron chi connectivity index (χ0n) is 14.2. The van der Waals surface area contributed by atoms with Crippen LogP contribution in [0.4, 0.5) is 10.2 Å². The van der Waals surface area contributed by atoms with E-state index in [4.69, 9.17) is 25.8 Å². The van der Waals surface area contributed by atoms with Gasteiger partial charge in [0, 0.05) is 18.3 Å². The summed E-state index contributed by atoms with van der Waals surface area (Å²) in [7, 11) is 4.48. The molecule has 0 radical (unpaired) electrons. The maximum Gasteiger partial charge on any atom is 0.253 e. The van der Waals surface area contributed by atoms with Gasteiger partial charge in [-0.1, -0.05) is 0 Å². The molecule has 4 N–H and O–H groups in total. The highest BCUT2D eigenvalue weighted by molar-refractivity contribution is 6.04. The molecule has 10 heteroatoms. The molecule has 1 atom stereocenters. The fourth-order valence-corrected chi connectivity index (χ4v) is 2.47. The SMILES string of the molecule is COc1cc(N2CC(N(N)/C=C(\N)COF)C2=O)cc(OC)c1OC. The molecule has 1 aromatic carbocycles. The zero-order valence-corrected chi connectivity index (χ0v) is 14.2. The Labute approximate surface area is 144 Å². The minimum atomic E-state index is -0.614. The second-order valence-electron chi connectivity index (χ2n) is 5.25. The van der Waals surface area contributed by atoms with Crippen LogP contribution in [0.25, 0.3) is 0 Å². The Hall–Kier alpha value is -2.72. The van der Waals surface area contributed by atoms with Gasteiger partial charge < -0.3 is 29.9 Å². The van der Waals surface area contributed by atoms with Crippen LogP contribution in [0.2, 0.25) is 0 Å². The van der Waals surface area contributed by atoms with Crippen LogP contribution >= 0.6 is 0 Å². The van der Waals surface area contributed by atoms with E-state index in [0.717, 1.165) is 5.01 Å². The van der Waals surface area contributed by atoms with Crippen molar-refractivity contribution in [2.75, 3.05) is 39.4 Å². The van der Waals surface area contributed by atoms with E-state index in [-0.39, 0.29) is 11.6 Å². The van der Waals surface area contributed by atoms with E-state index in [2.05, 4.69) is 4.94 Å². The number of halogens is 1. The molecular weight excluding hydrogens is 335 g/mol. The van der Waals surface area contributed by atoms with Crippen molar-refractivity contribution in [3.63, 3.8) is 0 Å². The molecule has 2 rings (SSSR count). The molecule has 0 aromatic heterocycles. The van der Waals surface area contributed by atoms with Gasteiger partial charge in [0.05, 0.1) is 39.3 Å². The maximum absolute atomic E-state index is 12.4. The van der Waals surface area contributed by atoms with Crippen molar-refractivity contribution in [1.82, 2.24) is 5.01 Å². The van der Waals surface area contributed by atoms with Crippen LogP contribution in [-0.2, 0) is 9.74 Å². The van der Waals surface area contributed by atoms with Gasteiger partial charge in [0.25, 0.3) is 5.91 Å². The van der Waals surface area contributed by atoms with Crippen molar-refractivity contribution >= 4 is 11.6 Å². The lowest BCUT2D eigenvalue weighted by molar-refractivity contribution is -0.128. The molecule has 1 unspecified atom stereocenters. The Morgan fingerprint density at radius 2 is 1.92 bits per heavy atom. The van der Waals surface area contributed by atoms with Crippen LogP contribution in [0, 0.1) is 0 Å². The van der Waals surface area contributed by atoms with E-state index in [1.807, 2.05) is 0 Å². The number of ether oxygens (including phenoxy) is 3. The minimum Gasteiger partial charge on any atom is -0.493 e. The van der Waals surface area contributed by atoms with Crippen molar-refractivity contribution in [3.8, 4) is 17.2 Å². The van der Waals surface area contributed by atoms with Crippen molar-refractivity contribution in [3.05, 3.63) is 24.0 Å². The van der Waals surface area contributed by atoms with Gasteiger partial charge in [-0.3, -0.25) is 4.79 Å². The lowest BCUT2D eigenvalue weighted by atomic mass is 10.1. The highest BCUT2D eigenvalue weighted by atomic mass is 19.3. The number of carbonyl (C=O) groups excluding carboxylic acids is 1. The second kappa shape index (κ2) is 7.90. The van der Waals surface area contributed by atoms with Crippen LogP contribution in [-0.4, -0.2) is 51.4 Å². The third-order valence-corrected chi connectivity index (χ3v) is 3.76. The summed E-state index contributed by atoms with van der Waals surface area (Å²) in [5.74, 6) is 6.83. The summed E-state index contributed by atoms with van der Waals surface area (Å²) in [5.41, 5.74) is 6.14. The summed E-state index contributed by atoms with van der Waals surface area (Å²) in [6.07, 6.45) is 1.26. The molecule has 0 saturated carbocycles. The minimum absolute atomic E-state index is 0.0593. The summed E-state index contributed by atoms with van der Waals surface area (Å²) >= 11 is 0. The molecule has 1 heterocycles. The van der Waals surface area contributed by atoms with Crippen molar-refractivity contribution in [2.45, 2.75) is 6.04 Å². The highest BCUT2D eigenvalue weighted by Gasteiger charge is 2.41. The summed E-state index contributed by atoms with van der Waals surface area (Å²) in [6, 6.07) is 2.71. The third-order valence-electron chi connectivity index (χ3n) is 3.76. The molecule has 1 aromatic rings. The van der Waals surface area contributed by atoms with Crippen LogP contribution in [0.5, 0.6) is 17.2 Å². The van der Waals surface area contributed by atoms with Gasteiger partial charge in [-0.25, -0.2) is 5.84 Å². The molecule has 25 heavy (non-hydrogen) atoms. The summed E-state index contributed by atoms with van der Waals surface area (Å²) in [5, 5.41) is 1.13. The number of nitrogens with zero attached hydrogens (tertiary/aromatic N) is 2. The van der Waals surface area contributed by atoms with Crippen molar-refractivity contribution in [2.24, 2.45) is 11.6 Å². The van der Waals surface area contributed by atoms with E-state index >= 15 is 0 Å². The number of anilines is 1. The predicted molar refractivity (Wildman–Crippen MR) is 87.6 cm³/mol. The van der Waals surface area contributed by atoms with Gasteiger partial charge in [-0.05, 0) is 4.53 Å². The van der Waals surface area contributed by atoms with Gasteiger partial charge in [-0.15, -0.1) is 0 Å². The van der Waals surface area contributed by atoms with Gasteiger partial charge in [-0.2, -0.15) is 4.94 Å². The molecule has 1 saturated heterocycles. The average Bonchev–Trinajstić information content (AvgIpc) is 2.59. The molecule has 1 amide bonds. The van der Waals surface area contributed by atoms with E-state index in [1.165, 1.54) is 32.4 Å². The van der Waals surface area contributed by atoms with E-state index in [9.17, 15) is 9.32 Å². The Morgan fingerprint density at radius 3 is 2.36 bits per heavy atom. The molecule has 0 bridgehead atoms. The van der Waals surface area contributed by atoms with Gasteiger partial charge in [0.1, 0.15) is 12.6 Å². The van der Waals surface area contributed by atoms with E-state index in [0.29, 0.717) is 29.5 Å². The van der Waals surface area contributed by atoms with Crippen LogP contribution in [0.3, 0.4) is 0 Å². The monoisotopic (exact) mass is 356 g/mol. The number of nitrogens with two attached hydrogens (primary N) is 2. The Morgan fingerprint density at radius 1 is 1.32 bits per heavy atom. The molecule has 0 aliphatic carbocycles. The first-order chi connectivity index (χ1) is 12.0. The summed E-state index contributed by atoms with van der Waals surface area (Å²) in [4.78, 5) is 17.3. The number of hydrogen-bond acceptors (Lipinski definition) is 8. The number of benzene rings is 1. The fourth-order valence-electron chi connectivity index (χ4n) is 2.47. The molecule has 138 valence electrons. The highest BCUT2D eigenvalue weighted by Crippen LogP contribution is 2.42. The van der Waals surface area contributed by atoms with E-state index in [1.54, 1.807) is 12.1 Å². The number of rotatable bonds is 8. The second-order valence-corrected chi connectivity index (χ2v) is 5.25. The van der Waals surface area contributed by atoms with Gasteiger partial charge >= 0.3 is 0 Å². The largest absolute Gasteiger partial charge is 0.493 e. The average molecular weight is 356 g/mol. The molecule has 1 fully saturated rings. The molecule has 1 aliphatic rings. The molecule has 1 aliphatic heterocycles. The molecule has 9 nitrogen and oxygen atoms in total. The zero-order chi connectivity index (χ0) is 18.6. The maximum atomic E-state index is 12.4. The predicted octanol–water partition coefficient (Wildman–Crippen LogP) is 0.305. The van der Waals surface area contributed by atoms with Crippen molar-refractivity contribution < 1.29 is 28.5 Å². The topological polar surface area (TPSA) is 113 Å². The molecule has 0 spiro atoms. The lowest BCUT2D eigenvalue weighted by Crippen LogP contribution is -2.64. The van der Waals surface area contributed by atoms with Crippen LogP contribution in [0.1, 0.15) is 0 Å². The number of hydrogen-bond donors (Lipinski definition) is 2. The lowest BCUT2D eigenvalue weighted by Gasteiger charge is -2.42. The number of amides is 1. The van der Waals surface area contributed by atoms with Crippen molar-refractivity contribution in [1.29, 1.82) is 0 Å². The summed E-state index contributed by atoms with van der Waals surface area (Å²) < 4.78 is 27.6. The normalized spacial score (nSPS) is 17.2. The summed E-state index contributed by atoms with van der Waals surface area (Å²) in [6.45, 7) is -0.112. The number of hydrazine groups is 1. The molecular formula is C15H21FN4O5. The van der Waals surface area contributed by atoms with Crippen LogP contribution in [0.15, 0.2) is 24.0 Å². The number of methoxy groups -OCH3 is 3. The fraction of sp³-hybridized carbons (Fsp3) is 0.400. The standard InChI is InChI=1S/C15H21FN4O5/c1-22-12-4-10(5-13(23-2)14(12)24-3)19-7-11(15(19)21)20(18)6-9(17)8-25-16/h4-6,11H,7-8,17-18H2,1-3H3/b9-6-. The quantitative estimate of drug-likeness (QED) is 0.389. The van der Waals surface area contributed by atoms with E-state index < -0.39 is 12.6 Å². The Balaban J connectivity index is 2.17. The first-order valence-electron chi connectivity index (χ1n) is 7.30. The van der Waals surface area contributed by atoms with Gasteiger partial charge in [0.15, 0.2) is 11.5 Å². The van der Waals surface area contributed by atoms with Crippen LogP contribution < -0.4 is 30.7 Å².